The minimum Gasteiger partial charge on any atom is -0.508 e. The highest BCUT2D eigenvalue weighted by molar-refractivity contribution is 5.73. The summed E-state index contributed by atoms with van der Waals surface area (Å²) in [4.78, 5) is 37.4. The Morgan fingerprint density at radius 2 is 0.587 bits per heavy atom. The van der Waals surface area contributed by atoms with E-state index in [-0.39, 0.29) is 89.0 Å². The van der Waals surface area contributed by atoms with Gasteiger partial charge >= 0.3 is 0 Å². The molecule has 20 rings (SSSR count). The molecule has 0 saturated carbocycles. The van der Waals surface area contributed by atoms with Crippen LogP contribution in [-0.4, -0.2) is 88.1 Å². The number of aromatic nitrogens is 12. The topological polar surface area (TPSA) is 347 Å². The molecule has 0 radical (unpaired) electrons. The average Bonchev–Trinajstić information content (AvgIpc) is 1.62. The van der Waals surface area contributed by atoms with Gasteiger partial charge in [0.15, 0.2) is 40.0 Å². The number of benzene rings is 8. The maximum atomic E-state index is 14.7. The van der Waals surface area contributed by atoms with Gasteiger partial charge < -0.3 is 59.8 Å². The summed E-state index contributed by atoms with van der Waals surface area (Å²) < 4.78 is 85.9. The van der Waals surface area contributed by atoms with Crippen molar-refractivity contribution in [3.05, 3.63) is 406 Å². The van der Waals surface area contributed by atoms with Crippen molar-refractivity contribution in [3.8, 4) is 80.0 Å². The lowest BCUT2D eigenvalue weighted by atomic mass is 10.0. The van der Waals surface area contributed by atoms with Crippen LogP contribution in [0.4, 0.5) is 28.9 Å². The first-order valence-corrected chi connectivity index (χ1v) is 39.9. The van der Waals surface area contributed by atoms with Crippen molar-refractivity contribution >= 4 is 34.0 Å². The largest absolute Gasteiger partial charge is 0.508 e. The summed E-state index contributed by atoms with van der Waals surface area (Å²) >= 11 is 0. The Hall–Kier alpha value is -16.5. The molecule has 0 aliphatic rings. The number of phenolic OH excluding ortho intramolecular Hbond substituents is 2. The standard InChI is InChI=1S/C25H22N4O2.C25H21N3O3.C24H18F2N4O2.C24H17F2N3O3/c1-16-19(10-5-11-20(16)26)23-15-29-24(21(27-23)13-17-7-3-2-4-8-17)28-22(25(29)30)14-18-9-6-12-31-18;1-16-19(10-5-11-23(16)29)22-15-28-24(20(26-22)13-17-7-3-2-4-8-17)27-21(25(28)30)14-18-9-6-12-31-18;25-17-8-2-1-5-14(17)11-19-23-29-20(12-15-6-4-10-32-15)24(31)30(23)13-21(28-19)16-7-3-9-18(27)22(16)26;25-17-8-2-1-5-14(17)11-18-23-28-19(12-15-6-4-10-32-15)24(31)29(23)13-20(27-18)16-7-3-9-21(30)22(16)26/h2-12,15,30H,13-14,26H2,1H3;2-12,15,29-30H,13-14H2,1H3;1-10,13,31H,11-12,27H2;1-10,13,30-31H,11-12H2. The molecule has 24 nitrogen and oxygen atoms in total. The van der Waals surface area contributed by atoms with Gasteiger partial charge in [0.25, 0.3) is 0 Å². The van der Waals surface area contributed by atoms with Crippen molar-refractivity contribution in [2.24, 2.45) is 0 Å². The first-order valence-electron chi connectivity index (χ1n) is 39.9. The molecule has 12 aromatic heterocycles. The zero-order valence-corrected chi connectivity index (χ0v) is 67.6. The molecule has 20 aromatic rings. The number of fused-ring (bicyclic) bond motifs is 4. The second kappa shape index (κ2) is 35.7. The van der Waals surface area contributed by atoms with Crippen LogP contribution in [-0.2, 0) is 51.4 Å². The normalized spacial score (nSPS) is 11.3. The van der Waals surface area contributed by atoms with E-state index in [9.17, 15) is 48.2 Å². The number of rotatable bonds is 20. The van der Waals surface area contributed by atoms with E-state index in [1.54, 1.807) is 112 Å². The summed E-state index contributed by atoms with van der Waals surface area (Å²) in [6, 6.07) is 67.0. The SMILES string of the molecule is Cc1c(N)cccc1-c1cn2c(O)c(Cc3ccco3)nc2c(Cc2ccccc2)n1.Cc1c(O)cccc1-c1cn2c(O)c(Cc3ccco3)nc2c(Cc2ccccc2)n1.Nc1cccc(-c2cn3c(O)c(Cc4ccco4)nc3c(Cc3ccccc3F)n2)c1F.Oc1cccc(-c2cn3c(O)c(Cc4ccco4)nc3c(Cc3ccccc3F)n2)c1F. The summed E-state index contributed by atoms with van der Waals surface area (Å²) in [6.07, 6.45) is 15.4. The van der Waals surface area contributed by atoms with Gasteiger partial charge in [0.05, 0.1) is 102 Å². The van der Waals surface area contributed by atoms with Crippen LogP contribution < -0.4 is 11.5 Å². The fourth-order valence-corrected chi connectivity index (χ4v) is 14.9. The lowest BCUT2D eigenvalue weighted by Gasteiger charge is -2.11. The van der Waals surface area contributed by atoms with E-state index in [0.717, 1.165) is 62.0 Å². The molecule has 628 valence electrons. The lowest BCUT2D eigenvalue weighted by Crippen LogP contribution is -2.03. The van der Waals surface area contributed by atoms with Crippen LogP contribution in [0.5, 0.6) is 35.0 Å². The predicted octanol–water partition coefficient (Wildman–Crippen LogP) is 19.3. The van der Waals surface area contributed by atoms with Crippen molar-refractivity contribution in [1.29, 1.82) is 0 Å². The highest BCUT2D eigenvalue weighted by Crippen LogP contribution is 2.38. The molecule has 0 spiro atoms. The third kappa shape index (κ3) is 17.3. The molecule has 0 saturated heterocycles. The maximum absolute atomic E-state index is 14.7. The van der Waals surface area contributed by atoms with Gasteiger partial charge in [-0.2, -0.15) is 0 Å². The molecule has 126 heavy (non-hydrogen) atoms. The molecule has 0 aliphatic carbocycles. The molecule has 28 heteroatoms. The molecule has 10 N–H and O–H groups in total. The number of aromatic hydroxyl groups is 6. The van der Waals surface area contributed by atoms with E-state index in [0.29, 0.717) is 116 Å². The summed E-state index contributed by atoms with van der Waals surface area (Å²) in [5, 5.41) is 63.6. The number of nitrogens with two attached hydrogens (primary N) is 2. The van der Waals surface area contributed by atoms with Crippen LogP contribution in [0.15, 0.2) is 298 Å². The van der Waals surface area contributed by atoms with Gasteiger partial charge in [0.1, 0.15) is 63.2 Å². The molecule has 0 unspecified atom stereocenters. The fourth-order valence-electron chi connectivity index (χ4n) is 14.9. The monoisotopic (exact) mass is 1690 g/mol. The van der Waals surface area contributed by atoms with E-state index < -0.39 is 23.2 Å². The van der Waals surface area contributed by atoms with Crippen LogP contribution in [0.25, 0.3) is 67.6 Å². The molecule has 0 aliphatic heterocycles. The van der Waals surface area contributed by atoms with Gasteiger partial charge in [-0.05, 0) is 139 Å². The minimum absolute atomic E-state index is 0.0200. The Morgan fingerprint density at radius 3 is 0.952 bits per heavy atom. The van der Waals surface area contributed by atoms with E-state index >= 15 is 0 Å². The Labute approximate surface area is 715 Å². The molecule has 0 atom stereocenters. The highest BCUT2D eigenvalue weighted by Gasteiger charge is 2.27. The van der Waals surface area contributed by atoms with Gasteiger partial charge in [0, 0.05) is 84.0 Å². The fraction of sp³-hybridized carbons (Fsp3) is 0.102. The highest BCUT2D eigenvalue weighted by atomic mass is 19.1. The number of anilines is 2. The molecule has 0 bridgehead atoms. The quantitative estimate of drug-likeness (QED) is 0.0259. The number of furan rings is 4. The Morgan fingerprint density at radius 1 is 0.278 bits per heavy atom. The number of hydrogen-bond donors (Lipinski definition) is 8. The number of imidazole rings is 4. The molecule has 0 amide bonds. The summed E-state index contributed by atoms with van der Waals surface area (Å²) in [7, 11) is 0. The predicted molar refractivity (Wildman–Crippen MR) is 465 cm³/mol. The number of halogens is 4. The van der Waals surface area contributed by atoms with Crippen LogP contribution in [0, 0.1) is 37.1 Å². The Kier molecular flexibility index (Phi) is 23.2. The number of nitrogen functional groups attached to an aromatic ring is 2. The molecular formula is C98H78F4N14O10. The van der Waals surface area contributed by atoms with Crippen LogP contribution in [0.3, 0.4) is 0 Å². The maximum Gasteiger partial charge on any atom is 0.219 e. The van der Waals surface area contributed by atoms with Crippen molar-refractivity contribution in [2.75, 3.05) is 11.5 Å². The van der Waals surface area contributed by atoms with Crippen molar-refractivity contribution < 1.29 is 65.9 Å². The van der Waals surface area contributed by atoms with Gasteiger partial charge in [-0.3, -0.25) is 17.6 Å². The molecular weight excluding hydrogens is 1610 g/mol. The van der Waals surface area contributed by atoms with Gasteiger partial charge in [0.2, 0.25) is 23.5 Å². The van der Waals surface area contributed by atoms with Crippen LogP contribution in [0.1, 0.15) is 102 Å². The Bertz CT molecular complexity index is 6870. The Balaban J connectivity index is 0.000000119. The smallest absolute Gasteiger partial charge is 0.219 e. The summed E-state index contributed by atoms with van der Waals surface area (Å²) in [5.41, 5.74) is 26.9. The second-order valence-corrected chi connectivity index (χ2v) is 29.8. The van der Waals surface area contributed by atoms with Crippen molar-refractivity contribution in [3.63, 3.8) is 0 Å². The van der Waals surface area contributed by atoms with E-state index in [4.69, 9.17) is 49.1 Å². The van der Waals surface area contributed by atoms with E-state index in [2.05, 4.69) is 32.1 Å². The number of phenols is 2. The second-order valence-electron chi connectivity index (χ2n) is 29.8. The van der Waals surface area contributed by atoms with Crippen molar-refractivity contribution in [2.45, 2.75) is 65.2 Å². The number of hydrogen-bond acceptors (Lipinski definition) is 20. The van der Waals surface area contributed by atoms with Crippen LogP contribution in [0.2, 0.25) is 0 Å². The van der Waals surface area contributed by atoms with E-state index in [1.165, 1.54) is 70.1 Å². The first kappa shape index (κ1) is 81.8. The zero-order valence-electron chi connectivity index (χ0n) is 67.6. The summed E-state index contributed by atoms with van der Waals surface area (Å²) in [5.74, 6) is -0.0244. The van der Waals surface area contributed by atoms with Gasteiger partial charge in [-0.1, -0.05) is 133 Å². The average molecular weight is 1690 g/mol. The first-order chi connectivity index (χ1) is 61.2. The van der Waals surface area contributed by atoms with Gasteiger partial charge in [-0.25, -0.2) is 57.4 Å². The van der Waals surface area contributed by atoms with Crippen molar-refractivity contribution in [1.82, 2.24) is 57.5 Å². The van der Waals surface area contributed by atoms with Gasteiger partial charge in [-0.15, -0.1) is 0 Å². The van der Waals surface area contributed by atoms with E-state index in [1.807, 2.05) is 117 Å². The number of nitrogens with zero attached hydrogens (tertiary/aromatic N) is 12. The molecule has 8 aromatic carbocycles. The summed E-state index contributed by atoms with van der Waals surface area (Å²) in [6.45, 7) is 3.83. The third-order valence-electron chi connectivity index (χ3n) is 21.4. The molecule has 0 fully saturated rings. The third-order valence-corrected chi connectivity index (χ3v) is 21.4. The molecule has 12 heterocycles. The zero-order chi connectivity index (χ0) is 87.2. The minimum atomic E-state index is -0.841. The lowest BCUT2D eigenvalue weighted by molar-refractivity contribution is 0.433. The van der Waals surface area contributed by atoms with Crippen LogP contribution >= 0.6 is 0 Å².